The van der Waals surface area contributed by atoms with Crippen molar-refractivity contribution in [2.75, 3.05) is 25.0 Å². The molecular formula is C22H20ClFN6O2. The van der Waals surface area contributed by atoms with E-state index >= 15 is 0 Å². The Labute approximate surface area is 188 Å². The standard InChI is InChI=1S/C22H20ClFN6O2/c1-28-19(31)7-18(13-4-6-26-9-17(13)24)27-22(28)29(2)20-14-10-30(11-15(14)20)21(32)12-3-5-25-8-16(12)23/h3-9,14-15,20H,10-11H2,1-2H3/t14-,15+,20?. The van der Waals surface area contributed by atoms with Crippen molar-refractivity contribution >= 4 is 23.5 Å². The summed E-state index contributed by atoms with van der Waals surface area (Å²) in [6, 6.07) is 4.59. The Bertz CT molecular complexity index is 1270. The number of amides is 1. The molecule has 3 atom stereocenters. The molecule has 0 aromatic carbocycles. The third kappa shape index (κ3) is 3.33. The van der Waals surface area contributed by atoms with Gasteiger partial charge >= 0.3 is 0 Å². The first-order valence-corrected chi connectivity index (χ1v) is 10.5. The lowest BCUT2D eigenvalue weighted by Gasteiger charge is -2.26. The largest absolute Gasteiger partial charge is 0.342 e. The normalized spacial score (nSPS) is 21.4. The Morgan fingerprint density at radius 3 is 2.56 bits per heavy atom. The molecule has 2 aliphatic rings. The highest BCUT2D eigenvalue weighted by atomic mass is 35.5. The summed E-state index contributed by atoms with van der Waals surface area (Å²) >= 11 is 6.12. The number of rotatable bonds is 4. The average molecular weight is 455 g/mol. The molecule has 0 radical (unpaired) electrons. The molecule has 3 aromatic rings. The van der Waals surface area contributed by atoms with E-state index in [0.717, 1.165) is 6.20 Å². The van der Waals surface area contributed by atoms with Crippen LogP contribution in [0.4, 0.5) is 10.3 Å². The van der Waals surface area contributed by atoms with Gasteiger partial charge < -0.3 is 9.80 Å². The molecule has 3 aromatic heterocycles. The smallest absolute Gasteiger partial charge is 0.255 e. The predicted molar refractivity (Wildman–Crippen MR) is 117 cm³/mol. The Morgan fingerprint density at radius 2 is 1.88 bits per heavy atom. The van der Waals surface area contributed by atoms with Gasteiger partial charge in [-0.1, -0.05) is 11.6 Å². The number of anilines is 1. The number of hydrogen-bond acceptors (Lipinski definition) is 6. The molecule has 0 spiro atoms. The molecular weight excluding hydrogens is 435 g/mol. The zero-order valence-corrected chi connectivity index (χ0v) is 18.2. The number of aromatic nitrogens is 4. The topological polar surface area (TPSA) is 84.2 Å². The van der Waals surface area contributed by atoms with E-state index in [0.29, 0.717) is 29.6 Å². The van der Waals surface area contributed by atoms with Crippen molar-refractivity contribution in [1.82, 2.24) is 24.4 Å². The van der Waals surface area contributed by atoms with E-state index in [2.05, 4.69) is 15.0 Å². The van der Waals surface area contributed by atoms with E-state index in [1.54, 1.807) is 24.2 Å². The molecule has 5 rings (SSSR count). The van der Waals surface area contributed by atoms with Crippen molar-refractivity contribution in [3.05, 3.63) is 69.7 Å². The van der Waals surface area contributed by atoms with Crippen molar-refractivity contribution in [3.8, 4) is 11.3 Å². The molecule has 1 unspecified atom stereocenters. The van der Waals surface area contributed by atoms with Crippen molar-refractivity contribution < 1.29 is 9.18 Å². The highest BCUT2D eigenvalue weighted by molar-refractivity contribution is 6.33. The monoisotopic (exact) mass is 454 g/mol. The number of pyridine rings is 2. The molecule has 1 saturated heterocycles. The van der Waals surface area contributed by atoms with E-state index in [1.165, 1.54) is 29.1 Å². The summed E-state index contributed by atoms with van der Waals surface area (Å²) in [6.07, 6.45) is 5.58. The van der Waals surface area contributed by atoms with Crippen molar-refractivity contribution in [3.63, 3.8) is 0 Å². The van der Waals surface area contributed by atoms with Gasteiger partial charge in [0.1, 0.15) is 0 Å². The van der Waals surface area contributed by atoms with Crippen LogP contribution in [0, 0.1) is 17.7 Å². The summed E-state index contributed by atoms with van der Waals surface area (Å²) in [5.74, 6) is 0.351. The number of fused-ring (bicyclic) bond motifs is 1. The van der Waals surface area contributed by atoms with Gasteiger partial charge in [-0.25, -0.2) is 9.37 Å². The summed E-state index contributed by atoms with van der Waals surface area (Å²) in [5, 5.41) is 0.339. The number of nitrogens with zero attached hydrogens (tertiary/aromatic N) is 6. The Balaban J connectivity index is 1.36. The minimum Gasteiger partial charge on any atom is -0.342 e. The van der Waals surface area contributed by atoms with Gasteiger partial charge in [0.05, 0.1) is 22.5 Å². The molecule has 0 N–H and O–H groups in total. The first-order chi connectivity index (χ1) is 15.4. The van der Waals surface area contributed by atoms with Crippen LogP contribution in [0.5, 0.6) is 0 Å². The van der Waals surface area contributed by atoms with Crippen LogP contribution in [0.15, 0.2) is 47.8 Å². The number of carbonyl (C=O) groups excluding carboxylic acids is 1. The second kappa shape index (κ2) is 7.67. The van der Waals surface area contributed by atoms with Crippen molar-refractivity contribution in [2.45, 2.75) is 6.04 Å². The van der Waals surface area contributed by atoms with Gasteiger partial charge in [-0.05, 0) is 12.1 Å². The Morgan fingerprint density at radius 1 is 1.19 bits per heavy atom. The number of piperidine rings is 1. The van der Waals surface area contributed by atoms with E-state index in [9.17, 15) is 14.0 Å². The summed E-state index contributed by atoms with van der Waals surface area (Å²) < 4.78 is 15.7. The predicted octanol–water partition coefficient (Wildman–Crippen LogP) is 2.24. The third-order valence-electron chi connectivity index (χ3n) is 6.36. The molecule has 10 heteroatoms. The maximum Gasteiger partial charge on any atom is 0.255 e. The number of likely N-dealkylation sites (tertiary alicyclic amines) is 1. The highest BCUT2D eigenvalue weighted by Gasteiger charge is 2.59. The Hall–Kier alpha value is -3.33. The molecule has 1 saturated carbocycles. The van der Waals surface area contributed by atoms with Gasteiger partial charge in [-0.2, -0.15) is 0 Å². The molecule has 2 fully saturated rings. The van der Waals surface area contributed by atoms with Crippen LogP contribution in [0.3, 0.4) is 0 Å². The lowest BCUT2D eigenvalue weighted by Crippen LogP contribution is -2.38. The third-order valence-corrected chi connectivity index (χ3v) is 6.66. The number of halogens is 2. The molecule has 1 aliphatic carbocycles. The minimum absolute atomic E-state index is 0.105. The Kier molecular flexibility index (Phi) is 4.93. The summed E-state index contributed by atoms with van der Waals surface area (Å²) in [5.41, 5.74) is 0.672. The lowest BCUT2D eigenvalue weighted by molar-refractivity contribution is 0.0773. The first-order valence-electron chi connectivity index (χ1n) is 10.2. The van der Waals surface area contributed by atoms with Crippen LogP contribution in [-0.4, -0.2) is 56.5 Å². The van der Waals surface area contributed by atoms with Crippen LogP contribution in [0.2, 0.25) is 5.02 Å². The second-order valence-corrected chi connectivity index (χ2v) is 8.60. The van der Waals surface area contributed by atoms with E-state index < -0.39 is 5.82 Å². The molecule has 1 aliphatic heterocycles. The number of carbonyl (C=O) groups is 1. The summed E-state index contributed by atoms with van der Waals surface area (Å²) in [4.78, 5) is 41.4. The van der Waals surface area contributed by atoms with Gasteiger partial charge in [-0.3, -0.25) is 24.1 Å². The lowest BCUT2D eigenvalue weighted by atomic mass is 10.2. The summed E-state index contributed by atoms with van der Waals surface area (Å²) in [7, 11) is 3.52. The van der Waals surface area contributed by atoms with E-state index in [1.807, 2.05) is 11.9 Å². The quantitative estimate of drug-likeness (QED) is 0.601. The maximum atomic E-state index is 14.2. The highest BCUT2D eigenvalue weighted by Crippen LogP contribution is 2.49. The second-order valence-electron chi connectivity index (χ2n) is 8.19. The first kappa shape index (κ1) is 20.6. The van der Waals surface area contributed by atoms with Gasteiger partial charge in [0, 0.05) is 75.3 Å². The molecule has 8 nitrogen and oxygen atoms in total. The van der Waals surface area contributed by atoms with Crippen LogP contribution < -0.4 is 10.5 Å². The zero-order chi connectivity index (χ0) is 22.6. The van der Waals surface area contributed by atoms with Crippen LogP contribution in [0.1, 0.15) is 10.4 Å². The molecule has 164 valence electrons. The fourth-order valence-corrected chi connectivity index (χ4v) is 4.85. The molecule has 4 heterocycles. The van der Waals surface area contributed by atoms with Crippen LogP contribution in [-0.2, 0) is 7.05 Å². The average Bonchev–Trinajstić information content (AvgIpc) is 3.28. The minimum atomic E-state index is -0.533. The SMILES string of the molecule is CN(c1nc(-c2ccncc2F)cc(=O)n1C)C1[C@H]2CN(C(=O)c3ccncc3Cl)C[C@@H]12. The van der Waals surface area contributed by atoms with E-state index in [-0.39, 0.29) is 40.6 Å². The zero-order valence-electron chi connectivity index (χ0n) is 17.4. The molecule has 1 amide bonds. The van der Waals surface area contributed by atoms with Crippen molar-refractivity contribution in [1.29, 1.82) is 0 Å². The van der Waals surface area contributed by atoms with Gasteiger partial charge in [0.25, 0.3) is 11.5 Å². The van der Waals surface area contributed by atoms with Crippen LogP contribution >= 0.6 is 11.6 Å². The number of hydrogen-bond donors (Lipinski definition) is 0. The van der Waals surface area contributed by atoms with Crippen molar-refractivity contribution in [2.24, 2.45) is 18.9 Å². The maximum absolute atomic E-state index is 14.2. The molecule has 0 bridgehead atoms. The van der Waals surface area contributed by atoms with Crippen LogP contribution in [0.25, 0.3) is 11.3 Å². The van der Waals surface area contributed by atoms with E-state index in [4.69, 9.17) is 11.6 Å². The summed E-state index contributed by atoms with van der Waals surface area (Å²) in [6.45, 7) is 1.20. The fourth-order valence-electron chi connectivity index (χ4n) is 4.65. The van der Waals surface area contributed by atoms with Gasteiger partial charge in [0.15, 0.2) is 5.82 Å². The fraction of sp³-hybridized carbons (Fsp3) is 0.318. The van der Waals surface area contributed by atoms with Gasteiger partial charge in [0.2, 0.25) is 5.95 Å². The molecule has 32 heavy (non-hydrogen) atoms. The van der Waals surface area contributed by atoms with Gasteiger partial charge in [-0.15, -0.1) is 0 Å².